The zero-order valence-electron chi connectivity index (χ0n) is 11.8. The van der Waals surface area contributed by atoms with E-state index in [0.29, 0.717) is 18.4 Å². The zero-order chi connectivity index (χ0) is 12.9. The quantitative estimate of drug-likeness (QED) is 0.719. The summed E-state index contributed by atoms with van der Waals surface area (Å²) in [5.74, 6) is 1.29. The minimum Gasteiger partial charge on any atom is -0.378 e. The summed E-state index contributed by atoms with van der Waals surface area (Å²) in [6.07, 6.45) is 5.61. The summed E-state index contributed by atoms with van der Waals surface area (Å²) in [5, 5.41) is 9.08. The number of nitrogens with zero attached hydrogens (tertiary/aromatic N) is 1. The molecular formula is C15H27NO. The molecule has 2 nitrogen and oxygen atoms in total. The fraction of sp³-hybridized carbons (Fsp3) is 0.933. The van der Waals surface area contributed by atoms with E-state index in [-0.39, 0.29) is 5.41 Å². The molecule has 1 fully saturated rings. The van der Waals surface area contributed by atoms with Gasteiger partial charge in [-0.25, -0.2) is 0 Å². The van der Waals surface area contributed by atoms with Crippen LogP contribution in [-0.4, -0.2) is 12.7 Å². The van der Waals surface area contributed by atoms with Crippen molar-refractivity contribution in [1.82, 2.24) is 0 Å². The van der Waals surface area contributed by atoms with E-state index in [1.54, 1.807) is 0 Å². The molecule has 1 rings (SSSR count). The van der Waals surface area contributed by atoms with Gasteiger partial charge in [-0.2, -0.15) is 5.26 Å². The molecule has 0 aromatic heterocycles. The van der Waals surface area contributed by atoms with Crippen LogP contribution in [0.15, 0.2) is 0 Å². The van der Waals surface area contributed by atoms with Crippen molar-refractivity contribution in [2.75, 3.05) is 6.61 Å². The van der Waals surface area contributed by atoms with Gasteiger partial charge in [0.2, 0.25) is 0 Å². The molecule has 0 radical (unpaired) electrons. The Morgan fingerprint density at radius 1 is 1.35 bits per heavy atom. The van der Waals surface area contributed by atoms with Crippen LogP contribution in [-0.2, 0) is 4.74 Å². The standard InChI is InChI=1S/C15H27NO/c1-12(2)5-6-15(7-9-16)8-10-17-14(11-15)13(3)4/h12-14H,5-8,10-11H2,1-4H3/t14-,15-/m1/s1. The van der Waals surface area contributed by atoms with Crippen molar-refractivity contribution in [2.45, 2.75) is 65.9 Å². The predicted octanol–water partition coefficient (Wildman–Crippen LogP) is 4.16. The topological polar surface area (TPSA) is 33.0 Å². The Hall–Kier alpha value is -0.550. The summed E-state index contributed by atoms with van der Waals surface area (Å²) in [6, 6.07) is 2.41. The molecule has 0 amide bonds. The van der Waals surface area contributed by atoms with E-state index in [1.807, 2.05) is 0 Å². The number of hydrogen-bond donors (Lipinski definition) is 0. The Morgan fingerprint density at radius 3 is 2.59 bits per heavy atom. The Balaban J connectivity index is 2.66. The summed E-state index contributed by atoms with van der Waals surface area (Å²) >= 11 is 0. The molecule has 1 heterocycles. The highest BCUT2D eigenvalue weighted by molar-refractivity contribution is 4.93. The monoisotopic (exact) mass is 237 g/mol. The van der Waals surface area contributed by atoms with Gasteiger partial charge in [0.1, 0.15) is 0 Å². The van der Waals surface area contributed by atoms with E-state index in [9.17, 15) is 0 Å². The van der Waals surface area contributed by atoms with Crippen LogP contribution in [0, 0.1) is 28.6 Å². The summed E-state index contributed by atoms with van der Waals surface area (Å²) in [7, 11) is 0. The van der Waals surface area contributed by atoms with Gasteiger partial charge in [-0.3, -0.25) is 0 Å². The van der Waals surface area contributed by atoms with Gasteiger partial charge in [0.05, 0.1) is 12.2 Å². The molecule has 1 aliphatic heterocycles. The number of hydrogen-bond acceptors (Lipinski definition) is 2. The Bertz CT molecular complexity index is 267. The fourth-order valence-electron chi connectivity index (χ4n) is 2.68. The van der Waals surface area contributed by atoms with Crippen molar-refractivity contribution in [2.24, 2.45) is 17.3 Å². The molecule has 2 heteroatoms. The second-order valence-corrected chi connectivity index (χ2v) is 6.37. The highest BCUT2D eigenvalue weighted by atomic mass is 16.5. The molecule has 0 aromatic carbocycles. The molecule has 17 heavy (non-hydrogen) atoms. The average molecular weight is 237 g/mol. The van der Waals surface area contributed by atoms with Crippen LogP contribution in [0.2, 0.25) is 0 Å². The van der Waals surface area contributed by atoms with Gasteiger partial charge >= 0.3 is 0 Å². The van der Waals surface area contributed by atoms with Gasteiger partial charge < -0.3 is 4.74 Å². The molecule has 0 N–H and O–H groups in total. The summed E-state index contributed by atoms with van der Waals surface area (Å²) in [4.78, 5) is 0. The van der Waals surface area contributed by atoms with Gasteiger partial charge in [-0.05, 0) is 36.5 Å². The Kier molecular flexibility index (Phi) is 5.46. The lowest BCUT2D eigenvalue weighted by Gasteiger charge is -2.41. The van der Waals surface area contributed by atoms with Crippen molar-refractivity contribution in [3.05, 3.63) is 0 Å². The lowest BCUT2D eigenvalue weighted by molar-refractivity contribution is -0.0721. The minimum atomic E-state index is 0.228. The van der Waals surface area contributed by atoms with Crippen molar-refractivity contribution >= 4 is 0 Å². The molecule has 0 aromatic rings. The van der Waals surface area contributed by atoms with E-state index < -0.39 is 0 Å². The van der Waals surface area contributed by atoms with Crippen LogP contribution < -0.4 is 0 Å². The average Bonchev–Trinajstić information content (AvgIpc) is 2.27. The van der Waals surface area contributed by atoms with E-state index >= 15 is 0 Å². The van der Waals surface area contributed by atoms with Gasteiger partial charge in [0, 0.05) is 13.0 Å². The van der Waals surface area contributed by atoms with Crippen LogP contribution in [0.3, 0.4) is 0 Å². The van der Waals surface area contributed by atoms with Crippen LogP contribution in [0.4, 0.5) is 0 Å². The van der Waals surface area contributed by atoms with Crippen molar-refractivity contribution < 1.29 is 4.74 Å². The zero-order valence-corrected chi connectivity index (χ0v) is 11.8. The Labute approximate surface area is 106 Å². The number of ether oxygens (including phenoxy) is 1. The maximum atomic E-state index is 9.08. The molecule has 1 aliphatic rings. The molecule has 0 saturated carbocycles. The van der Waals surface area contributed by atoms with Crippen LogP contribution in [0.1, 0.15) is 59.8 Å². The number of rotatable bonds is 5. The molecule has 98 valence electrons. The van der Waals surface area contributed by atoms with Crippen LogP contribution in [0.5, 0.6) is 0 Å². The lowest BCUT2D eigenvalue weighted by Crippen LogP contribution is -2.38. The highest BCUT2D eigenvalue weighted by Crippen LogP contribution is 2.43. The molecule has 0 bridgehead atoms. The van der Waals surface area contributed by atoms with Crippen molar-refractivity contribution in [3.63, 3.8) is 0 Å². The fourth-order valence-corrected chi connectivity index (χ4v) is 2.68. The third-order valence-corrected chi connectivity index (χ3v) is 4.05. The van der Waals surface area contributed by atoms with Crippen LogP contribution >= 0.6 is 0 Å². The van der Waals surface area contributed by atoms with Gasteiger partial charge in [-0.15, -0.1) is 0 Å². The third kappa shape index (κ3) is 4.32. The summed E-state index contributed by atoms with van der Waals surface area (Å²) in [5.41, 5.74) is 0.228. The molecule has 1 saturated heterocycles. The van der Waals surface area contributed by atoms with Crippen LogP contribution in [0.25, 0.3) is 0 Å². The van der Waals surface area contributed by atoms with E-state index in [4.69, 9.17) is 10.00 Å². The SMILES string of the molecule is CC(C)CC[C@@]1(CC#N)CCO[C@@H](C(C)C)C1. The Morgan fingerprint density at radius 2 is 2.06 bits per heavy atom. The predicted molar refractivity (Wildman–Crippen MR) is 70.5 cm³/mol. The largest absolute Gasteiger partial charge is 0.378 e. The maximum Gasteiger partial charge on any atom is 0.0627 e. The first-order valence-electron chi connectivity index (χ1n) is 6.97. The first-order valence-corrected chi connectivity index (χ1v) is 6.97. The second-order valence-electron chi connectivity index (χ2n) is 6.37. The summed E-state index contributed by atoms with van der Waals surface area (Å²) in [6.45, 7) is 9.80. The van der Waals surface area contributed by atoms with Crippen molar-refractivity contribution in [3.8, 4) is 6.07 Å². The normalized spacial score (nSPS) is 29.6. The smallest absolute Gasteiger partial charge is 0.0627 e. The maximum absolute atomic E-state index is 9.08. The second kappa shape index (κ2) is 6.40. The lowest BCUT2D eigenvalue weighted by atomic mass is 9.70. The first kappa shape index (κ1) is 14.5. The van der Waals surface area contributed by atoms with Crippen molar-refractivity contribution in [1.29, 1.82) is 5.26 Å². The number of nitriles is 1. The molecule has 0 spiro atoms. The van der Waals surface area contributed by atoms with Gasteiger partial charge in [0.25, 0.3) is 0 Å². The molecule has 0 aliphatic carbocycles. The van der Waals surface area contributed by atoms with E-state index in [0.717, 1.165) is 25.4 Å². The van der Waals surface area contributed by atoms with E-state index in [1.165, 1.54) is 12.8 Å². The van der Waals surface area contributed by atoms with Gasteiger partial charge in [0.15, 0.2) is 0 Å². The molecule has 0 unspecified atom stereocenters. The third-order valence-electron chi connectivity index (χ3n) is 4.05. The summed E-state index contributed by atoms with van der Waals surface area (Å²) < 4.78 is 5.84. The molecule has 2 atom stereocenters. The first-order chi connectivity index (χ1) is 7.99. The molecular weight excluding hydrogens is 210 g/mol. The van der Waals surface area contributed by atoms with Gasteiger partial charge in [-0.1, -0.05) is 34.1 Å². The van der Waals surface area contributed by atoms with E-state index in [2.05, 4.69) is 33.8 Å². The highest BCUT2D eigenvalue weighted by Gasteiger charge is 2.37. The minimum absolute atomic E-state index is 0.228.